The molecule has 1 unspecified atom stereocenters. The van der Waals surface area contributed by atoms with Crippen LogP contribution in [0, 0.1) is 0 Å². The lowest BCUT2D eigenvalue weighted by Gasteiger charge is -2.37. The highest BCUT2D eigenvalue weighted by Crippen LogP contribution is 2.38. The summed E-state index contributed by atoms with van der Waals surface area (Å²) in [5.41, 5.74) is 3.65. The Balaban J connectivity index is 1.34. The van der Waals surface area contributed by atoms with E-state index in [-0.39, 0.29) is 18.0 Å². The molecule has 3 aliphatic rings. The molecule has 3 heterocycles. The topological polar surface area (TPSA) is 65.1 Å². The van der Waals surface area contributed by atoms with Crippen molar-refractivity contribution < 1.29 is 14.3 Å². The van der Waals surface area contributed by atoms with Crippen molar-refractivity contribution in [2.24, 2.45) is 0 Å². The molecule has 5 rings (SSSR count). The van der Waals surface area contributed by atoms with Gasteiger partial charge in [-0.2, -0.15) is 0 Å². The predicted molar refractivity (Wildman–Crippen MR) is 135 cm³/mol. The zero-order valence-corrected chi connectivity index (χ0v) is 20.2. The molecule has 3 aliphatic heterocycles. The molecule has 182 valence electrons. The maximum atomic E-state index is 13.8. The number of methoxy groups -OCH3 is 1. The molecule has 2 aromatic rings. The van der Waals surface area contributed by atoms with Crippen LogP contribution >= 0.6 is 0 Å². The summed E-state index contributed by atoms with van der Waals surface area (Å²) in [6.45, 7) is 7.47. The minimum absolute atomic E-state index is 0.0244. The van der Waals surface area contributed by atoms with Gasteiger partial charge in [0.15, 0.2) is 0 Å². The second kappa shape index (κ2) is 9.96. The molecule has 7 nitrogen and oxygen atoms in total. The van der Waals surface area contributed by atoms with Crippen molar-refractivity contribution in [3.63, 3.8) is 0 Å². The minimum Gasteiger partial charge on any atom is -0.497 e. The van der Waals surface area contributed by atoms with Crippen LogP contribution in [0.2, 0.25) is 0 Å². The van der Waals surface area contributed by atoms with E-state index in [0.717, 1.165) is 49.5 Å². The first kappa shape index (κ1) is 23.2. The molecule has 35 heavy (non-hydrogen) atoms. The molecule has 1 fully saturated rings. The van der Waals surface area contributed by atoms with Crippen molar-refractivity contribution >= 4 is 11.9 Å². The number of piperidine rings is 1. The number of nitrogens with one attached hydrogen (secondary N) is 1. The van der Waals surface area contributed by atoms with E-state index in [1.807, 2.05) is 35.2 Å². The molecule has 7 heteroatoms. The average molecular weight is 473 g/mol. The molecular formula is C28H32N4O3. The fraction of sp³-hybridized carbons (Fsp3) is 0.357. The lowest BCUT2D eigenvalue weighted by molar-refractivity contribution is -0.128. The summed E-state index contributed by atoms with van der Waals surface area (Å²) < 4.78 is 5.28. The molecule has 0 spiro atoms. The molecule has 2 aromatic carbocycles. The average Bonchev–Trinajstić information content (AvgIpc) is 3.24. The third-order valence-corrected chi connectivity index (χ3v) is 7.26. The van der Waals surface area contributed by atoms with Crippen LogP contribution < -0.4 is 10.1 Å². The van der Waals surface area contributed by atoms with E-state index in [2.05, 4.69) is 41.1 Å². The van der Waals surface area contributed by atoms with Gasteiger partial charge < -0.3 is 15.0 Å². The van der Waals surface area contributed by atoms with Gasteiger partial charge in [-0.3, -0.25) is 14.6 Å². The van der Waals surface area contributed by atoms with Crippen molar-refractivity contribution in [3.05, 3.63) is 89.6 Å². The van der Waals surface area contributed by atoms with Crippen molar-refractivity contribution in [2.75, 3.05) is 33.3 Å². The van der Waals surface area contributed by atoms with Crippen LogP contribution in [-0.2, 0) is 11.3 Å². The lowest BCUT2D eigenvalue weighted by atomic mass is 9.95. The number of amides is 3. The second-order valence-corrected chi connectivity index (χ2v) is 9.34. The van der Waals surface area contributed by atoms with E-state index in [1.165, 1.54) is 5.56 Å². The van der Waals surface area contributed by atoms with Gasteiger partial charge >= 0.3 is 6.03 Å². The maximum absolute atomic E-state index is 13.8. The van der Waals surface area contributed by atoms with Crippen LogP contribution in [0.3, 0.4) is 0 Å². The summed E-state index contributed by atoms with van der Waals surface area (Å²) in [6, 6.07) is 17.5. The lowest BCUT2D eigenvalue weighted by Crippen LogP contribution is -2.47. The van der Waals surface area contributed by atoms with Gasteiger partial charge in [-0.05, 0) is 36.1 Å². The first-order valence-corrected chi connectivity index (χ1v) is 12.2. The summed E-state index contributed by atoms with van der Waals surface area (Å²) in [5, 5.41) is 3.05. The molecule has 0 aromatic heterocycles. The van der Waals surface area contributed by atoms with Crippen LogP contribution in [0.4, 0.5) is 4.79 Å². The summed E-state index contributed by atoms with van der Waals surface area (Å²) >= 11 is 0. The Bertz CT molecular complexity index is 1120. The number of carbonyl (C=O) groups excluding carboxylic acids is 2. The van der Waals surface area contributed by atoms with Crippen molar-refractivity contribution in [1.82, 2.24) is 20.0 Å². The standard InChI is InChI=1S/C28H32N4O3/c1-3-15-31-24-19-32(22-13-16-30(17-14-22)18-20-7-5-4-6-8-20)27(33)25(24)26(29-28(31)34)21-9-11-23(35-2)12-10-21/h3-12,22,26H,1,13-19H2,2H3,(H,29,34). The number of hydrogen-bond donors (Lipinski definition) is 1. The Morgan fingerprint density at radius 3 is 2.43 bits per heavy atom. The van der Waals surface area contributed by atoms with E-state index >= 15 is 0 Å². The Labute approximate surface area is 206 Å². The summed E-state index contributed by atoms with van der Waals surface area (Å²) in [6.07, 6.45) is 3.55. The number of benzene rings is 2. The summed E-state index contributed by atoms with van der Waals surface area (Å²) in [7, 11) is 1.62. The largest absolute Gasteiger partial charge is 0.497 e. The minimum atomic E-state index is -0.472. The summed E-state index contributed by atoms with van der Waals surface area (Å²) in [5.74, 6) is 0.761. The van der Waals surface area contributed by atoms with E-state index in [1.54, 1.807) is 18.1 Å². The number of nitrogens with zero attached hydrogens (tertiary/aromatic N) is 3. The molecular weight excluding hydrogens is 440 g/mol. The normalized spacial score (nSPS) is 21.2. The Kier molecular flexibility index (Phi) is 6.59. The van der Waals surface area contributed by atoms with Gasteiger partial charge in [-0.15, -0.1) is 6.58 Å². The number of carbonyl (C=O) groups is 2. The number of likely N-dealkylation sites (tertiary alicyclic amines) is 1. The van der Waals surface area contributed by atoms with Crippen LogP contribution in [-0.4, -0.2) is 66.0 Å². The molecule has 0 radical (unpaired) electrons. The third kappa shape index (κ3) is 4.56. The highest BCUT2D eigenvalue weighted by atomic mass is 16.5. The Morgan fingerprint density at radius 2 is 1.77 bits per heavy atom. The molecule has 1 saturated heterocycles. The van der Waals surface area contributed by atoms with Gasteiger partial charge in [0.1, 0.15) is 5.75 Å². The third-order valence-electron chi connectivity index (χ3n) is 7.26. The van der Waals surface area contributed by atoms with E-state index in [0.29, 0.717) is 18.7 Å². The van der Waals surface area contributed by atoms with Crippen LogP contribution in [0.25, 0.3) is 0 Å². The molecule has 0 bridgehead atoms. The van der Waals surface area contributed by atoms with Gasteiger partial charge in [0.25, 0.3) is 5.91 Å². The quantitative estimate of drug-likeness (QED) is 0.624. The monoisotopic (exact) mass is 472 g/mol. The maximum Gasteiger partial charge on any atom is 0.322 e. The highest BCUT2D eigenvalue weighted by molar-refractivity contribution is 6.01. The molecule has 3 amide bonds. The second-order valence-electron chi connectivity index (χ2n) is 9.34. The number of hydrogen-bond acceptors (Lipinski definition) is 4. The Hall–Kier alpha value is -3.58. The molecule has 1 atom stereocenters. The number of rotatable bonds is 7. The van der Waals surface area contributed by atoms with Gasteiger partial charge in [0.2, 0.25) is 0 Å². The van der Waals surface area contributed by atoms with Gasteiger partial charge in [-0.25, -0.2) is 4.79 Å². The first-order valence-electron chi connectivity index (χ1n) is 12.2. The SMILES string of the molecule is C=CCN1C(=O)NC(c2ccc(OC)cc2)C2=C1CN(C1CCN(Cc3ccccc3)CC1)C2=O. The van der Waals surface area contributed by atoms with Gasteiger partial charge in [0.05, 0.1) is 31.0 Å². The van der Waals surface area contributed by atoms with Crippen LogP contribution in [0.15, 0.2) is 78.5 Å². The fourth-order valence-corrected chi connectivity index (χ4v) is 5.41. The van der Waals surface area contributed by atoms with Gasteiger partial charge in [-0.1, -0.05) is 48.5 Å². The van der Waals surface area contributed by atoms with E-state index in [4.69, 9.17) is 4.74 Å². The molecule has 0 aliphatic carbocycles. The molecule has 1 N–H and O–H groups in total. The van der Waals surface area contributed by atoms with E-state index in [9.17, 15) is 9.59 Å². The van der Waals surface area contributed by atoms with Crippen molar-refractivity contribution in [1.29, 1.82) is 0 Å². The van der Waals surface area contributed by atoms with E-state index < -0.39 is 6.04 Å². The van der Waals surface area contributed by atoms with Crippen LogP contribution in [0.1, 0.15) is 30.0 Å². The van der Waals surface area contributed by atoms with Crippen molar-refractivity contribution in [2.45, 2.75) is 31.5 Å². The number of ether oxygens (including phenoxy) is 1. The van der Waals surface area contributed by atoms with Crippen LogP contribution in [0.5, 0.6) is 5.75 Å². The highest BCUT2D eigenvalue weighted by Gasteiger charge is 2.45. The smallest absolute Gasteiger partial charge is 0.322 e. The Morgan fingerprint density at radius 1 is 1.06 bits per heavy atom. The fourth-order valence-electron chi connectivity index (χ4n) is 5.41. The predicted octanol–water partition coefficient (Wildman–Crippen LogP) is 3.71. The summed E-state index contributed by atoms with van der Waals surface area (Å²) in [4.78, 5) is 32.9. The zero-order valence-electron chi connectivity index (χ0n) is 20.2. The van der Waals surface area contributed by atoms with Gasteiger partial charge in [0, 0.05) is 32.2 Å². The number of urea groups is 1. The zero-order chi connectivity index (χ0) is 24.4. The first-order chi connectivity index (χ1) is 17.1. The molecule has 0 saturated carbocycles. The van der Waals surface area contributed by atoms with Crippen molar-refractivity contribution in [3.8, 4) is 5.75 Å².